The van der Waals surface area contributed by atoms with Gasteiger partial charge in [0.25, 0.3) is 0 Å². The lowest BCUT2D eigenvalue weighted by molar-refractivity contribution is -0.386. The van der Waals surface area contributed by atoms with Gasteiger partial charge >= 0.3 is 5.69 Å². The number of nitro benzene ring substituents is 1. The smallest absolute Gasteiger partial charge is 0.311 e. The van der Waals surface area contributed by atoms with Crippen LogP contribution in [0.2, 0.25) is 0 Å². The van der Waals surface area contributed by atoms with Crippen molar-refractivity contribution < 1.29 is 14.9 Å². The predicted octanol–water partition coefficient (Wildman–Crippen LogP) is 0.397. The number of benzene rings is 1. The molecule has 1 heterocycles. The number of amidine groups is 1. The van der Waals surface area contributed by atoms with Crippen LogP contribution in [0.5, 0.6) is 5.75 Å². The second-order valence-corrected chi connectivity index (χ2v) is 4.10. The summed E-state index contributed by atoms with van der Waals surface area (Å²) in [5.41, 5.74) is 5.86. The first kappa shape index (κ1) is 14.2. The molecule has 1 aromatic carbocycles. The summed E-state index contributed by atoms with van der Waals surface area (Å²) in [7, 11) is 1.70. The maximum Gasteiger partial charge on any atom is 0.311 e. The van der Waals surface area contributed by atoms with E-state index in [0.717, 1.165) is 0 Å². The van der Waals surface area contributed by atoms with Gasteiger partial charge in [0.1, 0.15) is 12.3 Å². The molecule has 21 heavy (non-hydrogen) atoms. The van der Waals surface area contributed by atoms with E-state index in [1.165, 1.54) is 22.9 Å². The van der Waals surface area contributed by atoms with E-state index in [4.69, 9.17) is 15.7 Å². The van der Waals surface area contributed by atoms with Gasteiger partial charge in [0.15, 0.2) is 11.6 Å². The highest BCUT2D eigenvalue weighted by molar-refractivity contribution is 5.97. The van der Waals surface area contributed by atoms with Crippen molar-refractivity contribution in [3.63, 3.8) is 0 Å². The number of hydrogen-bond donors (Lipinski definition) is 2. The molecule has 2 rings (SSSR count). The molecule has 3 N–H and O–H groups in total. The van der Waals surface area contributed by atoms with Crippen LogP contribution in [0.15, 0.2) is 29.6 Å². The molecule has 0 aliphatic heterocycles. The van der Waals surface area contributed by atoms with Crippen LogP contribution in [0.4, 0.5) is 5.69 Å². The van der Waals surface area contributed by atoms with E-state index in [9.17, 15) is 10.1 Å². The van der Waals surface area contributed by atoms with Crippen LogP contribution in [-0.2, 0) is 13.7 Å². The zero-order valence-electron chi connectivity index (χ0n) is 11.0. The van der Waals surface area contributed by atoms with Crippen LogP contribution in [0.3, 0.4) is 0 Å². The van der Waals surface area contributed by atoms with Gasteiger partial charge in [0.05, 0.1) is 11.1 Å². The van der Waals surface area contributed by atoms with Crippen LogP contribution < -0.4 is 10.5 Å². The molecule has 0 unspecified atom stereocenters. The molecule has 1 aromatic heterocycles. The summed E-state index contributed by atoms with van der Waals surface area (Å²) in [6.07, 6.45) is 1.64. The van der Waals surface area contributed by atoms with Crippen molar-refractivity contribution in [2.45, 2.75) is 6.61 Å². The largest absolute Gasteiger partial charge is 0.480 e. The van der Waals surface area contributed by atoms with Gasteiger partial charge in [-0.2, -0.15) is 0 Å². The topological polar surface area (TPSA) is 142 Å². The van der Waals surface area contributed by atoms with Crippen molar-refractivity contribution in [2.75, 3.05) is 0 Å². The van der Waals surface area contributed by atoms with Crippen LogP contribution in [0.25, 0.3) is 0 Å². The van der Waals surface area contributed by atoms with Gasteiger partial charge in [-0.3, -0.25) is 14.8 Å². The maximum atomic E-state index is 11.1. The maximum absolute atomic E-state index is 11.1. The fraction of sp³-hybridized carbons (Fsp3) is 0.182. The highest BCUT2D eigenvalue weighted by Crippen LogP contribution is 2.28. The minimum absolute atomic E-state index is 0.0393. The third-order valence-corrected chi connectivity index (χ3v) is 2.58. The summed E-state index contributed by atoms with van der Waals surface area (Å²) in [5, 5.41) is 30.0. The first-order valence-corrected chi connectivity index (χ1v) is 5.75. The number of nitro groups is 1. The van der Waals surface area contributed by atoms with Crippen LogP contribution in [0.1, 0.15) is 11.3 Å². The lowest BCUT2D eigenvalue weighted by atomic mass is 10.1. The van der Waals surface area contributed by atoms with Crippen LogP contribution >= 0.6 is 0 Å². The zero-order valence-corrected chi connectivity index (χ0v) is 11.0. The fourth-order valence-electron chi connectivity index (χ4n) is 1.61. The summed E-state index contributed by atoms with van der Waals surface area (Å²) in [4.78, 5) is 10.4. The Morgan fingerprint density at radius 3 is 2.95 bits per heavy atom. The van der Waals surface area contributed by atoms with Gasteiger partial charge < -0.3 is 15.7 Å². The molecule has 0 saturated carbocycles. The molecule has 0 aliphatic carbocycles. The van der Waals surface area contributed by atoms with E-state index in [0.29, 0.717) is 5.69 Å². The van der Waals surface area contributed by atoms with Gasteiger partial charge in [-0.1, -0.05) is 10.4 Å². The number of aryl methyl sites for hydroxylation is 1. The lowest BCUT2D eigenvalue weighted by Crippen LogP contribution is -2.13. The van der Waals surface area contributed by atoms with Crippen LogP contribution in [0, 0.1) is 10.1 Å². The molecule has 10 nitrogen and oxygen atoms in total. The number of ether oxygens (including phenoxy) is 1. The molecule has 0 atom stereocenters. The van der Waals surface area contributed by atoms with Gasteiger partial charge in [-0.05, 0) is 12.1 Å². The minimum Gasteiger partial charge on any atom is -0.480 e. The average Bonchev–Trinajstić information content (AvgIpc) is 2.89. The van der Waals surface area contributed by atoms with Crippen molar-refractivity contribution in [1.82, 2.24) is 15.0 Å². The SMILES string of the molecule is Cn1cc(COc2ccc(/C(N)=N/O)cc2[N+](=O)[O-])nn1. The molecule has 0 radical (unpaired) electrons. The third kappa shape index (κ3) is 3.23. The van der Waals surface area contributed by atoms with Gasteiger partial charge in [0.2, 0.25) is 0 Å². The third-order valence-electron chi connectivity index (χ3n) is 2.58. The highest BCUT2D eigenvalue weighted by Gasteiger charge is 2.18. The monoisotopic (exact) mass is 292 g/mol. The number of oxime groups is 1. The van der Waals surface area contributed by atoms with Crippen LogP contribution in [-0.4, -0.2) is 31.0 Å². The average molecular weight is 292 g/mol. The molecule has 10 heteroatoms. The second kappa shape index (κ2) is 5.86. The minimum atomic E-state index is -0.611. The first-order valence-electron chi connectivity index (χ1n) is 5.75. The Labute approximate surface area is 118 Å². The fourth-order valence-corrected chi connectivity index (χ4v) is 1.61. The number of aromatic nitrogens is 3. The molecule has 2 aromatic rings. The number of nitrogens with two attached hydrogens (primary N) is 1. The number of hydrogen-bond acceptors (Lipinski definition) is 7. The molecule has 0 bridgehead atoms. The Bertz CT molecular complexity index is 696. The molecule has 0 saturated heterocycles. The molecule has 0 amide bonds. The standard InChI is InChI=1S/C11H12N6O4/c1-16-5-8(13-15-16)6-21-10-3-2-7(11(12)14-18)4-9(10)17(19)20/h2-5,18H,6H2,1H3,(H2,12,14). The Balaban J connectivity index is 2.24. The molecule has 0 aliphatic rings. The molecule has 110 valence electrons. The molecular weight excluding hydrogens is 280 g/mol. The molecule has 0 spiro atoms. The normalized spacial score (nSPS) is 11.4. The van der Waals surface area contributed by atoms with Crippen molar-refractivity contribution in [2.24, 2.45) is 17.9 Å². The van der Waals surface area contributed by atoms with Crippen molar-refractivity contribution in [3.05, 3.63) is 45.8 Å². The summed E-state index contributed by atoms with van der Waals surface area (Å²) in [6.45, 7) is 0.0393. The quantitative estimate of drug-likeness (QED) is 0.267. The molecule has 0 fully saturated rings. The van der Waals surface area contributed by atoms with Crippen molar-refractivity contribution in [3.8, 4) is 5.75 Å². The number of nitrogens with zero attached hydrogens (tertiary/aromatic N) is 5. The summed E-state index contributed by atoms with van der Waals surface area (Å²) >= 11 is 0. The summed E-state index contributed by atoms with van der Waals surface area (Å²) in [5.74, 6) is -0.168. The summed E-state index contributed by atoms with van der Waals surface area (Å²) < 4.78 is 6.86. The van der Waals surface area contributed by atoms with E-state index in [2.05, 4.69) is 15.5 Å². The Hall–Kier alpha value is -3.17. The van der Waals surface area contributed by atoms with Crippen molar-refractivity contribution >= 4 is 11.5 Å². The Morgan fingerprint density at radius 1 is 1.62 bits per heavy atom. The number of rotatable bonds is 5. The predicted molar refractivity (Wildman–Crippen MR) is 70.9 cm³/mol. The Kier molecular flexibility index (Phi) is 3.97. The van der Waals surface area contributed by atoms with Gasteiger partial charge in [-0.15, -0.1) is 5.10 Å². The van der Waals surface area contributed by atoms with Crippen molar-refractivity contribution in [1.29, 1.82) is 0 Å². The van der Waals surface area contributed by atoms with Gasteiger partial charge in [0, 0.05) is 18.7 Å². The van der Waals surface area contributed by atoms with E-state index in [1.54, 1.807) is 13.2 Å². The van der Waals surface area contributed by atoms with E-state index in [1.807, 2.05) is 0 Å². The Morgan fingerprint density at radius 2 is 2.38 bits per heavy atom. The van der Waals surface area contributed by atoms with E-state index in [-0.39, 0.29) is 29.4 Å². The highest BCUT2D eigenvalue weighted by atomic mass is 16.6. The van der Waals surface area contributed by atoms with E-state index < -0.39 is 4.92 Å². The van der Waals surface area contributed by atoms with E-state index >= 15 is 0 Å². The first-order chi connectivity index (χ1) is 10.0. The summed E-state index contributed by atoms with van der Waals surface area (Å²) in [6, 6.07) is 4.00. The molecular formula is C11H12N6O4. The van der Waals surface area contributed by atoms with Gasteiger partial charge in [-0.25, -0.2) is 0 Å². The lowest BCUT2D eigenvalue weighted by Gasteiger charge is -2.06. The zero-order chi connectivity index (χ0) is 15.4. The second-order valence-electron chi connectivity index (χ2n) is 4.10.